The van der Waals surface area contributed by atoms with Crippen molar-refractivity contribution in [1.82, 2.24) is 0 Å². The van der Waals surface area contributed by atoms with Crippen molar-refractivity contribution in [2.24, 2.45) is 23.7 Å². The van der Waals surface area contributed by atoms with Crippen LogP contribution in [0.5, 0.6) is 0 Å². The van der Waals surface area contributed by atoms with E-state index in [1.165, 1.54) is 5.57 Å². The lowest BCUT2D eigenvalue weighted by Gasteiger charge is -2.28. The summed E-state index contributed by atoms with van der Waals surface area (Å²) < 4.78 is 18.1. The minimum absolute atomic E-state index is 0.0169. The van der Waals surface area contributed by atoms with Crippen molar-refractivity contribution in [3.8, 4) is 0 Å². The molecule has 204 valence electrons. The molecule has 0 radical (unpaired) electrons. The molecule has 1 aliphatic carbocycles. The third kappa shape index (κ3) is 8.80. The van der Waals surface area contributed by atoms with E-state index < -0.39 is 0 Å². The van der Waals surface area contributed by atoms with Crippen LogP contribution in [0.25, 0.3) is 0 Å². The van der Waals surface area contributed by atoms with Gasteiger partial charge in [0.05, 0.1) is 31.0 Å². The number of hydrogen-bond acceptors (Lipinski definition) is 5. The first-order valence-corrected chi connectivity index (χ1v) is 14.3. The molecule has 0 aromatic carbocycles. The van der Waals surface area contributed by atoms with Gasteiger partial charge in [-0.3, -0.25) is 0 Å². The predicted molar refractivity (Wildman–Crippen MR) is 147 cm³/mol. The maximum atomic E-state index is 12.8. The van der Waals surface area contributed by atoms with Gasteiger partial charge in [-0.1, -0.05) is 68.0 Å². The molecule has 0 amide bonds. The highest BCUT2D eigenvalue weighted by Gasteiger charge is 2.44. The fraction of sp³-hybridized carbons (Fsp3) is 0.656. The molecule has 4 rings (SSSR count). The molecule has 1 saturated carbocycles. The number of aliphatic hydroxyl groups excluding tert-OH is 1. The zero-order valence-electron chi connectivity index (χ0n) is 22.9. The highest BCUT2D eigenvalue weighted by molar-refractivity contribution is 5.82. The summed E-state index contributed by atoms with van der Waals surface area (Å²) in [7, 11) is 0. The second-order valence-electron chi connectivity index (χ2n) is 11.9. The maximum Gasteiger partial charge on any atom is 0.330 e. The number of cyclic esters (lactones) is 1. The second-order valence-corrected chi connectivity index (χ2v) is 11.9. The Bertz CT molecular complexity index is 914. The maximum absolute atomic E-state index is 12.8. The summed E-state index contributed by atoms with van der Waals surface area (Å²) in [5.41, 5.74) is 2.46. The Kier molecular flexibility index (Phi) is 10.0. The van der Waals surface area contributed by atoms with Crippen LogP contribution in [0.3, 0.4) is 0 Å². The van der Waals surface area contributed by atoms with Crippen LogP contribution < -0.4 is 0 Å². The summed E-state index contributed by atoms with van der Waals surface area (Å²) in [6.07, 6.45) is 20.4. The first kappa shape index (κ1) is 28.1. The van der Waals surface area contributed by atoms with Gasteiger partial charge in [0.2, 0.25) is 0 Å². The van der Waals surface area contributed by atoms with E-state index >= 15 is 0 Å². The Balaban J connectivity index is 1.44. The lowest BCUT2D eigenvalue weighted by atomic mass is 9.90. The van der Waals surface area contributed by atoms with Crippen LogP contribution in [0.2, 0.25) is 0 Å². The van der Waals surface area contributed by atoms with Gasteiger partial charge in [0, 0.05) is 12.0 Å². The van der Waals surface area contributed by atoms with Gasteiger partial charge in [0.15, 0.2) is 0 Å². The summed E-state index contributed by atoms with van der Waals surface area (Å²) in [6, 6.07) is 0. The van der Waals surface area contributed by atoms with Crippen LogP contribution in [0.15, 0.2) is 60.3 Å². The summed E-state index contributed by atoms with van der Waals surface area (Å²) >= 11 is 0. The van der Waals surface area contributed by atoms with E-state index in [1.807, 2.05) is 6.08 Å². The van der Waals surface area contributed by atoms with Gasteiger partial charge in [-0.2, -0.15) is 0 Å². The fourth-order valence-corrected chi connectivity index (χ4v) is 6.06. The lowest BCUT2D eigenvalue weighted by molar-refractivity contribution is -0.145. The van der Waals surface area contributed by atoms with Gasteiger partial charge in [0.25, 0.3) is 0 Å². The van der Waals surface area contributed by atoms with Crippen molar-refractivity contribution in [2.45, 2.75) is 103 Å². The van der Waals surface area contributed by atoms with Crippen LogP contribution in [-0.4, -0.2) is 48.2 Å². The average Bonchev–Trinajstić information content (AvgIpc) is 3.61. The van der Waals surface area contributed by atoms with Crippen molar-refractivity contribution < 1.29 is 24.1 Å². The summed E-state index contributed by atoms with van der Waals surface area (Å²) in [4.78, 5) is 12.8. The first-order valence-electron chi connectivity index (χ1n) is 14.3. The van der Waals surface area contributed by atoms with E-state index in [0.717, 1.165) is 44.1 Å². The molecule has 3 aliphatic heterocycles. The van der Waals surface area contributed by atoms with Crippen LogP contribution in [0, 0.1) is 23.7 Å². The third-order valence-electron chi connectivity index (χ3n) is 8.29. The van der Waals surface area contributed by atoms with E-state index in [9.17, 15) is 9.90 Å². The molecule has 9 atom stereocenters. The minimum Gasteiger partial charge on any atom is -0.459 e. The molecule has 0 aromatic heterocycles. The van der Waals surface area contributed by atoms with E-state index in [4.69, 9.17) is 14.2 Å². The van der Waals surface area contributed by atoms with E-state index in [-0.39, 0.29) is 48.3 Å². The van der Waals surface area contributed by atoms with Crippen molar-refractivity contribution >= 4 is 5.97 Å². The van der Waals surface area contributed by atoms with Crippen molar-refractivity contribution in [3.05, 3.63) is 60.3 Å². The standard InChI is InChI=1S/C32H46O5/c1-21-13-14-35-27(16-21)12-11-24(4)31-20-25-19-29(25)30(33)18-23(3)15-22(2)17-28-9-5-7-26(36-28)8-6-10-32(34)37-31/h5-7,10-13,22,24-31,33H,3,8-9,14-20H2,1-2,4H3/b10-6-,12-11+/t22-,24-,25-,26-,27+,28-,29+,30-,31-/m0/s1. The van der Waals surface area contributed by atoms with Crippen LogP contribution >= 0.6 is 0 Å². The number of carbonyl (C=O) groups excluding carboxylic acids is 1. The molecule has 0 spiro atoms. The molecule has 5 heteroatoms. The highest BCUT2D eigenvalue weighted by atomic mass is 16.5. The third-order valence-corrected chi connectivity index (χ3v) is 8.29. The van der Waals surface area contributed by atoms with Crippen molar-refractivity contribution in [3.63, 3.8) is 0 Å². The number of rotatable bonds is 3. The SMILES string of the molecule is C=C1C[C@H](C)C[C@@H]2CC=C[C@@H](C/C=C\C(=O)O[C@H]([C@@H](C)/C=C/[C@@H]3CC(C)=CCO3)C[C@@H]3C[C@H]3[C@@H](O)C1)O2. The average molecular weight is 511 g/mol. The van der Waals surface area contributed by atoms with Crippen LogP contribution in [0.1, 0.15) is 72.1 Å². The molecule has 3 heterocycles. The zero-order valence-corrected chi connectivity index (χ0v) is 22.9. The zero-order chi connectivity index (χ0) is 26.4. The van der Waals surface area contributed by atoms with Gasteiger partial charge in [-0.15, -0.1) is 0 Å². The Labute approximate surface area is 223 Å². The smallest absolute Gasteiger partial charge is 0.330 e. The van der Waals surface area contributed by atoms with E-state index in [1.54, 1.807) is 6.08 Å². The predicted octanol–water partition coefficient (Wildman–Crippen LogP) is 6.25. The summed E-state index contributed by atoms with van der Waals surface area (Å²) in [5, 5.41) is 10.9. The Morgan fingerprint density at radius 3 is 2.78 bits per heavy atom. The number of hydrogen-bond donors (Lipinski definition) is 1. The number of ether oxygens (including phenoxy) is 3. The molecule has 2 bridgehead atoms. The molecule has 1 N–H and O–H groups in total. The van der Waals surface area contributed by atoms with Crippen LogP contribution in [-0.2, 0) is 19.0 Å². The van der Waals surface area contributed by atoms with Crippen LogP contribution in [0.4, 0.5) is 0 Å². The van der Waals surface area contributed by atoms with Gasteiger partial charge < -0.3 is 19.3 Å². The van der Waals surface area contributed by atoms with Crippen molar-refractivity contribution in [2.75, 3.05) is 6.61 Å². The minimum atomic E-state index is -0.380. The summed E-state index contributed by atoms with van der Waals surface area (Å²) in [6.45, 7) is 11.4. The van der Waals surface area contributed by atoms with E-state index in [2.05, 4.69) is 57.7 Å². The molecule has 1 fully saturated rings. The molecule has 0 saturated heterocycles. The highest BCUT2D eigenvalue weighted by Crippen LogP contribution is 2.47. The summed E-state index contributed by atoms with van der Waals surface area (Å²) in [5.74, 6) is 0.819. The number of esters is 1. The Hall–Kier alpha value is -1.95. The normalized spacial score (nSPS) is 39.6. The molecule has 0 aromatic rings. The van der Waals surface area contributed by atoms with Gasteiger partial charge >= 0.3 is 5.97 Å². The Morgan fingerprint density at radius 1 is 1.14 bits per heavy atom. The number of carbonyl (C=O) groups is 1. The molecule has 37 heavy (non-hydrogen) atoms. The quantitative estimate of drug-likeness (QED) is 0.359. The van der Waals surface area contributed by atoms with Gasteiger partial charge in [0.1, 0.15) is 6.10 Å². The monoisotopic (exact) mass is 510 g/mol. The largest absolute Gasteiger partial charge is 0.459 e. The molecular weight excluding hydrogens is 464 g/mol. The topological polar surface area (TPSA) is 65.0 Å². The van der Waals surface area contributed by atoms with Crippen molar-refractivity contribution in [1.29, 1.82) is 0 Å². The first-order chi connectivity index (χ1) is 17.8. The molecule has 0 unspecified atom stereocenters. The molecular formula is C32H46O5. The number of aliphatic hydroxyl groups is 1. The molecule has 5 nitrogen and oxygen atoms in total. The van der Waals surface area contributed by atoms with E-state index in [0.29, 0.717) is 31.3 Å². The Morgan fingerprint density at radius 2 is 1.97 bits per heavy atom. The van der Waals surface area contributed by atoms with Gasteiger partial charge in [-0.25, -0.2) is 4.79 Å². The molecule has 4 aliphatic rings. The second kappa shape index (κ2) is 13.2. The lowest BCUT2D eigenvalue weighted by Crippen LogP contribution is -2.27. The van der Waals surface area contributed by atoms with Gasteiger partial charge in [-0.05, 0) is 76.0 Å². The fourth-order valence-electron chi connectivity index (χ4n) is 6.06. The number of fused-ring (bicyclic) bond motifs is 3.